The zero-order valence-corrected chi connectivity index (χ0v) is 9.34. The van der Waals surface area contributed by atoms with Gasteiger partial charge in [0.1, 0.15) is 0 Å². The number of aliphatic hydroxyl groups excluding tert-OH is 1. The summed E-state index contributed by atoms with van der Waals surface area (Å²) in [6, 6.07) is 0. The van der Waals surface area contributed by atoms with Gasteiger partial charge in [0.05, 0.1) is 6.10 Å². The lowest BCUT2D eigenvalue weighted by atomic mass is 10.1. The van der Waals surface area contributed by atoms with E-state index in [1.807, 2.05) is 0 Å². The molecule has 13 heavy (non-hydrogen) atoms. The summed E-state index contributed by atoms with van der Waals surface area (Å²) in [4.78, 5) is 0. The van der Waals surface area contributed by atoms with Crippen molar-refractivity contribution in [2.75, 3.05) is 13.1 Å². The lowest BCUT2D eigenvalue weighted by Gasteiger charge is -2.14. The van der Waals surface area contributed by atoms with Crippen molar-refractivity contribution >= 4 is 0 Å². The molecule has 2 heteroatoms. The largest absolute Gasteiger partial charge is 0.392 e. The van der Waals surface area contributed by atoms with Crippen molar-refractivity contribution in [2.45, 2.75) is 52.6 Å². The van der Waals surface area contributed by atoms with Gasteiger partial charge in [0.15, 0.2) is 0 Å². The van der Waals surface area contributed by atoms with E-state index in [0.29, 0.717) is 0 Å². The highest BCUT2D eigenvalue weighted by Crippen LogP contribution is 2.02. The molecule has 0 aliphatic carbocycles. The lowest BCUT2D eigenvalue weighted by Crippen LogP contribution is -2.30. The van der Waals surface area contributed by atoms with Gasteiger partial charge in [0.2, 0.25) is 0 Å². The highest BCUT2D eigenvalue weighted by atomic mass is 16.3. The zero-order chi connectivity index (χ0) is 10.1. The molecule has 2 N–H and O–H groups in total. The van der Waals surface area contributed by atoms with Crippen LogP contribution in [-0.4, -0.2) is 24.3 Å². The molecule has 2 nitrogen and oxygen atoms in total. The fourth-order valence-electron chi connectivity index (χ4n) is 1.53. The molecule has 0 heterocycles. The van der Waals surface area contributed by atoms with Gasteiger partial charge >= 0.3 is 0 Å². The van der Waals surface area contributed by atoms with Crippen LogP contribution < -0.4 is 5.32 Å². The molecule has 0 radical (unpaired) electrons. The van der Waals surface area contributed by atoms with Crippen molar-refractivity contribution in [3.63, 3.8) is 0 Å². The van der Waals surface area contributed by atoms with Gasteiger partial charge in [-0.2, -0.15) is 0 Å². The van der Waals surface area contributed by atoms with E-state index in [9.17, 15) is 5.11 Å². The van der Waals surface area contributed by atoms with Crippen LogP contribution in [0.1, 0.15) is 46.5 Å². The molecule has 2 atom stereocenters. The van der Waals surface area contributed by atoms with Gasteiger partial charge in [0, 0.05) is 6.54 Å². The Balaban J connectivity index is 3.23. The molecular formula is C11H25NO. The quantitative estimate of drug-likeness (QED) is 0.610. The number of nitrogens with one attached hydrogen (secondary N) is 1. The molecule has 0 saturated heterocycles. The Morgan fingerprint density at radius 3 is 2.23 bits per heavy atom. The summed E-state index contributed by atoms with van der Waals surface area (Å²) in [7, 11) is 0. The van der Waals surface area contributed by atoms with E-state index in [2.05, 4.69) is 26.1 Å². The van der Waals surface area contributed by atoms with E-state index < -0.39 is 0 Å². The molecule has 0 aliphatic heterocycles. The number of rotatable bonds is 8. The Bertz CT molecular complexity index is 94.3. The van der Waals surface area contributed by atoms with E-state index >= 15 is 0 Å². The van der Waals surface area contributed by atoms with Crippen molar-refractivity contribution in [1.82, 2.24) is 5.32 Å². The first-order chi connectivity index (χ1) is 6.20. The van der Waals surface area contributed by atoms with Crippen molar-refractivity contribution in [1.29, 1.82) is 0 Å². The van der Waals surface area contributed by atoms with Crippen LogP contribution in [0.2, 0.25) is 0 Å². The first-order valence-electron chi connectivity index (χ1n) is 5.59. The van der Waals surface area contributed by atoms with Crippen LogP contribution in [0.25, 0.3) is 0 Å². The molecule has 80 valence electrons. The Labute approximate surface area is 82.7 Å². The Hall–Kier alpha value is -0.0800. The molecule has 0 rings (SSSR count). The summed E-state index contributed by atoms with van der Waals surface area (Å²) in [6.07, 6.45) is 4.35. The van der Waals surface area contributed by atoms with Crippen LogP contribution in [0.15, 0.2) is 0 Å². The number of hydrogen-bond acceptors (Lipinski definition) is 2. The van der Waals surface area contributed by atoms with Crippen molar-refractivity contribution in [3.8, 4) is 0 Å². The predicted molar refractivity (Wildman–Crippen MR) is 57.9 cm³/mol. The van der Waals surface area contributed by atoms with Gasteiger partial charge in [-0.05, 0) is 25.3 Å². The fraction of sp³-hybridized carbons (Fsp3) is 1.00. The van der Waals surface area contributed by atoms with Crippen LogP contribution >= 0.6 is 0 Å². The molecule has 0 saturated carbocycles. The minimum atomic E-state index is -0.154. The average molecular weight is 187 g/mol. The zero-order valence-electron chi connectivity index (χ0n) is 9.34. The highest BCUT2D eigenvalue weighted by Gasteiger charge is 2.03. The minimum absolute atomic E-state index is 0.154. The molecule has 0 aliphatic rings. The van der Waals surface area contributed by atoms with Gasteiger partial charge in [0.25, 0.3) is 0 Å². The number of hydrogen-bond donors (Lipinski definition) is 2. The summed E-state index contributed by atoms with van der Waals surface area (Å²) >= 11 is 0. The second-order valence-corrected chi connectivity index (χ2v) is 3.99. The van der Waals surface area contributed by atoms with E-state index in [4.69, 9.17) is 0 Å². The maximum Gasteiger partial charge on any atom is 0.0664 e. The van der Waals surface area contributed by atoms with Crippen LogP contribution in [-0.2, 0) is 0 Å². The monoisotopic (exact) mass is 187 g/mol. The Morgan fingerprint density at radius 2 is 1.69 bits per heavy atom. The molecule has 0 aromatic heterocycles. The summed E-state index contributed by atoms with van der Waals surface area (Å²) in [5.41, 5.74) is 0. The first-order valence-corrected chi connectivity index (χ1v) is 5.59. The van der Waals surface area contributed by atoms with Gasteiger partial charge in [-0.25, -0.2) is 0 Å². The topological polar surface area (TPSA) is 32.3 Å². The second-order valence-electron chi connectivity index (χ2n) is 3.99. The van der Waals surface area contributed by atoms with Crippen molar-refractivity contribution in [2.24, 2.45) is 5.92 Å². The molecule has 0 aromatic rings. The molecule has 0 spiro atoms. The van der Waals surface area contributed by atoms with Crippen LogP contribution in [0.3, 0.4) is 0 Å². The third-order valence-corrected chi connectivity index (χ3v) is 2.28. The normalized spacial score (nSPS) is 15.7. The summed E-state index contributed by atoms with van der Waals surface area (Å²) in [5.74, 6) is 0.735. The van der Waals surface area contributed by atoms with Crippen LogP contribution in [0.5, 0.6) is 0 Å². The van der Waals surface area contributed by atoms with E-state index in [1.54, 1.807) is 0 Å². The molecular weight excluding hydrogens is 162 g/mol. The third-order valence-electron chi connectivity index (χ3n) is 2.28. The summed E-state index contributed by atoms with van der Waals surface area (Å²) in [5, 5.41) is 12.7. The predicted octanol–water partition coefficient (Wildman–Crippen LogP) is 2.17. The van der Waals surface area contributed by atoms with Crippen LogP contribution in [0, 0.1) is 5.92 Å². The van der Waals surface area contributed by atoms with Crippen molar-refractivity contribution in [3.05, 3.63) is 0 Å². The minimum Gasteiger partial charge on any atom is -0.392 e. The molecule has 2 unspecified atom stereocenters. The lowest BCUT2D eigenvalue weighted by molar-refractivity contribution is 0.159. The van der Waals surface area contributed by atoms with E-state index in [0.717, 1.165) is 31.8 Å². The van der Waals surface area contributed by atoms with Crippen LogP contribution in [0.4, 0.5) is 0 Å². The fourth-order valence-corrected chi connectivity index (χ4v) is 1.53. The van der Waals surface area contributed by atoms with E-state index in [-0.39, 0.29) is 6.10 Å². The summed E-state index contributed by atoms with van der Waals surface area (Å²) in [6.45, 7) is 8.35. The second kappa shape index (κ2) is 8.52. The van der Waals surface area contributed by atoms with Crippen molar-refractivity contribution < 1.29 is 5.11 Å². The molecule has 0 fully saturated rings. The molecule has 0 amide bonds. The maximum atomic E-state index is 9.43. The van der Waals surface area contributed by atoms with E-state index in [1.165, 1.54) is 12.8 Å². The third kappa shape index (κ3) is 8.26. The highest BCUT2D eigenvalue weighted by molar-refractivity contribution is 4.61. The Morgan fingerprint density at radius 1 is 1.08 bits per heavy atom. The molecule has 0 aromatic carbocycles. The molecule has 0 bridgehead atoms. The SMILES string of the molecule is CCCC(C)CNCC(O)CCC. The smallest absolute Gasteiger partial charge is 0.0664 e. The summed E-state index contributed by atoms with van der Waals surface area (Å²) < 4.78 is 0. The van der Waals surface area contributed by atoms with Gasteiger partial charge < -0.3 is 10.4 Å². The Kier molecular flexibility index (Phi) is 8.46. The van der Waals surface area contributed by atoms with Gasteiger partial charge in [-0.3, -0.25) is 0 Å². The van der Waals surface area contributed by atoms with Gasteiger partial charge in [-0.15, -0.1) is 0 Å². The standard InChI is InChI=1S/C11H25NO/c1-4-6-10(3)8-12-9-11(13)7-5-2/h10-13H,4-9H2,1-3H3. The van der Waals surface area contributed by atoms with Gasteiger partial charge in [-0.1, -0.05) is 33.6 Å². The first kappa shape index (κ1) is 12.9. The number of aliphatic hydroxyl groups is 1. The maximum absolute atomic E-state index is 9.43. The average Bonchev–Trinajstić information content (AvgIpc) is 2.05.